The number of carbonyl (C=O) groups excluding carboxylic acids is 1. The van der Waals surface area contributed by atoms with Gasteiger partial charge in [-0.3, -0.25) is 9.36 Å². The molecule has 122 valence electrons. The van der Waals surface area contributed by atoms with Gasteiger partial charge in [0.2, 0.25) is 5.91 Å². The van der Waals surface area contributed by atoms with Crippen LogP contribution in [0.25, 0.3) is 0 Å². The highest BCUT2D eigenvalue weighted by molar-refractivity contribution is 5.76. The lowest BCUT2D eigenvalue weighted by Gasteiger charge is -2.19. The Morgan fingerprint density at radius 2 is 2.17 bits per heavy atom. The van der Waals surface area contributed by atoms with Gasteiger partial charge in [0.15, 0.2) is 0 Å². The second kappa shape index (κ2) is 5.98. The van der Waals surface area contributed by atoms with Crippen LogP contribution in [0.15, 0.2) is 23.3 Å². The van der Waals surface area contributed by atoms with Crippen molar-refractivity contribution in [1.82, 2.24) is 24.4 Å². The first-order valence-electron chi connectivity index (χ1n) is 7.77. The Hall–Kier alpha value is -2.44. The van der Waals surface area contributed by atoms with Gasteiger partial charge in [0, 0.05) is 30.8 Å². The van der Waals surface area contributed by atoms with E-state index in [2.05, 4.69) is 15.3 Å². The van der Waals surface area contributed by atoms with Gasteiger partial charge >= 0.3 is 5.69 Å². The van der Waals surface area contributed by atoms with E-state index in [1.165, 1.54) is 4.57 Å². The fourth-order valence-electron chi connectivity index (χ4n) is 2.83. The molecule has 1 saturated carbocycles. The molecule has 2 aromatic heterocycles. The highest BCUT2D eigenvalue weighted by atomic mass is 16.2. The predicted molar refractivity (Wildman–Crippen MR) is 84.8 cm³/mol. The van der Waals surface area contributed by atoms with E-state index < -0.39 is 5.69 Å². The van der Waals surface area contributed by atoms with Gasteiger partial charge < -0.3 is 9.88 Å². The first kappa shape index (κ1) is 15.5. The minimum absolute atomic E-state index is 0.0222. The van der Waals surface area contributed by atoms with Crippen molar-refractivity contribution in [2.45, 2.75) is 39.3 Å². The number of rotatable bonds is 5. The van der Waals surface area contributed by atoms with Gasteiger partial charge in [0.05, 0.1) is 6.04 Å². The Labute approximate surface area is 134 Å². The standard InChI is InChI=1S/C16H21N5O2/c1-10-8-11(2)21(16(23)18-10)9-13(22)19-14(12-4-5-12)15-17-6-7-20(15)3/h6-8,12,14H,4-5,9H2,1-3H3,(H,19,22)/t14-/m1/s1. The van der Waals surface area contributed by atoms with Crippen LogP contribution < -0.4 is 11.0 Å². The Kier molecular flexibility index (Phi) is 4.02. The summed E-state index contributed by atoms with van der Waals surface area (Å²) in [7, 11) is 1.92. The molecule has 3 rings (SSSR count). The van der Waals surface area contributed by atoms with Gasteiger partial charge in [-0.15, -0.1) is 0 Å². The zero-order chi connectivity index (χ0) is 16.6. The largest absolute Gasteiger partial charge is 0.348 e. The lowest BCUT2D eigenvalue weighted by Crippen LogP contribution is -2.37. The maximum atomic E-state index is 12.4. The van der Waals surface area contributed by atoms with Crippen molar-refractivity contribution in [1.29, 1.82) is 0 Å². The van der Waals surface area contributed by atoms with Crippen LogP contribution in [0, 0.1) is 19.8 Å². The maximum absolute atomic E-state index is 12.4. The first-order chi connectivity index (χ1) is 11.0. The molecule has 0 aromatic carbocycles. The van der Waals surface area contributed by atoms with Crippen LogP contribution in [0.4, 0.5) is 0 Å². The lowest BCUT2D eigenvalue weighted by molar-refractivity contribution is -0.122. The first-order valence-corrected chi connectivity index (χ1v) is 7.77. The highest BCUT2D eigenvalue weighted by Crippen LogP contribution is 2.40. The number of hydrogen-bond donors (Lipinski definition) is 1. The van der Waals surface area contributed by atoms with Crippen LogP contribution in [0.5, 0.6) is 0 Å². The summed E-state index contributed by atoms with van der Waals surface area (Å²) in [5, 5.41) is 3.03. The summed E-state index contributed by atoms with van der Waals surface area (Å²) >= 11 is 0. The van der Waals surface area contributed by atoms with Crippen LogP contribution in [0.3, 0.4) is 0 Å². The van der Waals surface area contributed by atoms with Gasteiger partial charge in [-0.2, -0.15) is 4.98 Å². The molecule has 1 aliphatic rings. The number of imidazole rings is 1. The van der Waals surface area contributed by atoms with Gasteiger partial charge in [-0.1, -0.05) is 0 Å². The highest BCUT2D eigenvalue weighted by Gasteiger charge is 2.35. The van der Waals surface area contributed by atoms with Crippen molar-refractivity contribution in [3.8, 4) is 0 Å². The van der Waals surface area contributed by atoms with Crippen LogP contribution in [-0.2, 0) is 18.4 Å². The molecule has 0 unspecified atom stereocenters. The summed E-state index contributed by atoms with van der Waals surface area (Å²) in [5.41, 5.74) is 1.00. The summed E-state index contributed by atoms with van der Waals surface area (Å²) in [6.45, 7) is 3.55. The van der Waals surface area contributed by atoms with Crippen LogP contribution in [0.1, 0.15) is 36.1 Å². The molecule has 0 aliphatic heterocycles. The van der Waals surface area contributed by atoms with Crippen molar-refractivity contribution in [3.05, 3.63) is 46.2 Å². The normalized spacial score (nSPS) is 15.4. The summed E-state index contributed by atoms with van der Waals surface area (Å²) in [6, 6.07) is 1.70. The van der Waals surface area contributed by atoms with E-state index in [4.69, 9.17) is 0 Å². The van der Waals surface area contributed by atoms with E-state index >= 15 is 0 Å². The van der Waals surface area contributed by atoms with Crippen LogP contribution in [-0.4, -0.2) is 25.0 Å². The van der Waals surface area contributed by atoms with E-state index in [0.717, 1.165) is 24.4 Å². The Balaban J connectivity index is 1.76. The molecule has 0 saturated heterocycles. The van der Waals surface area contributed by atoms with Crippen LogP contribution >= 0.6 is 0 Å². The Morgan fingerprint density at radius 3 is 2.74 bits per heavy atom. The lowest BCUT2D eigenvalue weighted by atomic mass is 10.1. The van der Waals surface area contributed by atoms with E-state index in [0.29, 0.717) is 11.6 Å². The third-order valence-corrected chi connectivity index (χ3v) is 4.19. The second-order valence-electron chi connectivity index (χ2n) is 6.19. The van der Waals surface area contributed by atoms with E-state index in [1.807, 2.05) is 17.8 Å². The number of amides is 1. The molecule has 1 N–H and O–H groups in total. The second-order valence-corrected chi connectivity index (χ2v) is 6.19. The number of nitrogens with one attached hydrogen (secondary N) is 1. The number of nitrogens with zero attached hydrogens (tertiary/aromatic N) is 4. The smallest absolute Gasteiger partial charge is 0.344 e. The topological polar surface area (TPSA) is 81.8 Å². The molecular formula is C16H21N5O2. The zero-order valence-electron chi connectivity index (χ0n) is 13.6. The summed E-state index contributed by atoms with van der Waals surface area (Å²) in [5.74, 6) is 1.08. The van der Waals surface area contributed by atoms with E-state index in [1.54, 1.807) is 26.1 Å². The molecule has 1 amide bonds. The number of aryl methyl sites for hydroxylation is 3. The molecule has 0 bridgehead atoms. The SMILES string of the molecule is Cc1cc(C)n(CC(=O)N[C@@H](c2nccn2C)C2CC2)c(=O)n1. The molecule has 2 heterocycles. The minimum atomic E-state index is -0.391. The molecule has 7 heteroatoms. The number of hydrogen-bond acceptors (Lipinski definition) is 4. The molecular weight excluding hydrogens is 294 g/mol. The van der Waals surface area contributed by atoms with Crippen LogP contribution in [0.2, 0.25) is 0 Å². The van der Waals surface area contributed by atoms with Crippen molar-refractivity contribution in [2.75, 3.05) is 0 Å². The minimum Gasteiger partial charge on any atom is -0.344 e. The predicted octanol–water partition coefficient (Wildman–Crippen LogP) is 0.861. The zero-order valence-corrected chi connectivity index (χ0v) is 13.6. The molecule has 1 fully saturated rings. The van der Waals surface area contributed by atoms with Gasteiger partial charge in [0.25, 0.3) is 0 Å². The van der Waals surface area contributed by atoms with Gasteiger partial charge in [0.1, 0.15) is 12.4 Å². The average Bonchev–Trinajstić information content (AvgIpc) is 3.22. The third-order valence-electron chi connectivity index (χ3n) is 4.19. The Bertz CT molecular complexity index is 788. The molecule has 0 spiro atoms. The van der Waals surface area contributed by atoms with Crippen molar-refractivity contribution in [2.24, 2.45) is 13.0 Å². The monoisotopic (exact) mass is 315 g/mol. The molecule has 1 atom stereocenters. The summed E-state index contributed by atoms with van der Waals surface area (Å²) in [6.07, 6.45) is 5.77. The van der Waals surface area contributed by atoms with E-state index in [-0.39, 0.29) is 18.5 Å². The Morgan fingerprint density at radius 1 is 1.43 bits per heavy atom. The summed E-state index contributed by atoms with van der Waals surface area (Å²) in [4.78, 5) is 32.6. The molecule has 23 heavy (non-hydrogen) atoms. The number of carbonyl (C=O) groups is 1. The average molecular weight is 315 g/mol. The summed E-state index contributed by atoms with van der Waals surface area (Å²) < 4.78 is 3.32. The maximum Gasteiger partial charge on any atom is 0.348 e. The fraction of sp³-hybridized carbons (Fsp3) is 0.500. The van der Waals surface area contributed by atoms with Crippen molar-refractivity contribution < 1.29 is 4.79 Å². The molecule has 7 nitrogen and oxygen atoms in total. The quantitative estimate of drug-likeness (QED) is 0.887. The molecule has 1 aliphatic carbocycles. The van der Waals surface area contributed by atoms with Gasteiger partial charge in [-0.25, -0.2) is 9.78 Å². The third kappa shape index (κ3) is 3.33. The van der Waals surface area contributed by atoms with Crippen molar-refractivity contribution in [3.63, 3.8) is 0 Å². The number of aromatic nitrogens is 4. The van der Waals surface area contributed by atoms with E-state index in [9.17, 15) is 9.59 Å². The van der Waals surface area contributed by atoms with Gasteiger partial charge in [-0.05, 0) is 38.7 Å². The molecule has 2 aromatic rings. The van der Waals surface area contributed by atoms with Crippen molar-refractivity contribution >= 4 is 5.91 Å². The fourth-order valence-corrected chi connectivity index (χ4v) is 2.83. The molecule has 0 radical (unpaired) electrons.